The average molecular weight is 221 g/mol. The minimum absolute atomic E-state index is 0.00903. The van der Waals surface area contributed by atoms with Crippen LogP contribution < -0.4 is 11.1 Å². The summed E-state index contributed by atoms with van der Waals surface area (Å²) in [6.45, 7) is 6.10. The van der Waals surface area contributed by atoms with Crippen molar-refractivity contribution in [3.63, 3.8) is 0 Å². The summed E-state index contributed by atoms with van der Waals surface area (Å²) in [5.74, 6) is 0.132. The molecule has 1 aromatic rings. The molecule has 4 heteroatoms. The smallest absolute Gasteiger partial charge is 0.234 e. The highest BCUT2D eigenvalue weighted by atomic mass is 16.1. The highest BCUT2D eigenvalue weighted by Gasteiger charge is 2.20. The number of nitrogens with zero attached hydrogens (tertiary/aromatic N) is 1. The molecule has 1 amide bonds. The third-order valence-electron chi connectivity index (χ3n) is 2.51. The molecule has 0 radical (unpaired) electrons. The second-order valence-electron chi connectivity index (χ2n) is 4.20. The fraction of sp³-hybridized carbons (Fsp3) is 0.500. The quantitative estimate of drug-likeness (QED) is 0.801. The number of hydrogen-bond acceptors (Lipinski definition) is 3. The van der Waals surface area contributed by atoms with Gasteiger partial charge in [-0.25, -0.2) is 0 Å². The zero-order valence-electron chi connectivity index (χ0n) is 10.0. The van der Waals surface area contributed by atoms with Gasteiger partial charge in [0.05, 0.1) is 18.3 Å². The van der Waals surface area contributed by atoms with Crippen LogP contribution in [0.4, 0.5) is 0 Å². The van der Waals surface area contributed by atoms with Crippen molar-refractivity contribution in [1.82, 2.24) is 10.3 Å². The summed E-state index contributed by atoms with van der Waals surface area (Å²) in [6.07, 6.45) is 1.74. The lowest BCUT2D eigenvalue weighted by molar-refractivity contribution is -0.120. The Labute approximate surface area is 96.3 Å². The summed E-state index contributed by atoms with van der Waals surface area (Å²) in [6, 6.07) is 3.81. The first-order valence-corrected chi connectivity index (χ1v) is 5.47. The molecule has 1 rings (SSSR count). The van der Waals surface area contributed by atoms with E-state index in [4.69, 9.17) is 5.73 Å². The minimum atomic E-state index is -0.149. The number of rotatable bonds is 4. The van der Waals surface area contributed by atoms with Crippen molar-refractivity contribution in [2.24, 2.45) is 11.7 Å². The topological polar surface area (TPSA) is 68.0 Å². The van der Waals surface area contributed by atoms with Crippen LogP contribution in [0.5, 0.6) is 0 Å². The van der Waals surface area contributed by atoms with Gasteiger partial charge in [-0.15, -0.1) is 0 Å². The molecule has 0 saturated heterocycles. The second kappa shape index (κ2) is 5.61. The predicted molar refractivity (Wildman–Crippen MR) is 63.8 cm³/mol. The average Bonchev–Trinajstić information content (AvgIpc) is 2.26. The number of carbonyl (C=O) groups is 1. The maximum atomic E-state index is 11.3. The van der Waals surface area contributed by atoms with Crippen LogP contribution in [0, 0.1) is 12.8 Å². The molecule has 0 aliphatic heterocycles. The second-order valence-corrected chi connectivity index (χ2v) is 4.20. The molecule has 0 spiro atoms. The Morgan fingerprint density at radius 2 is 2.25 bits per heavy atom. The number of nitrogens with two attached hydrogens (primary N) is 1. The van der Waals surface area contributed by atoms with Gasteiger partial charge >= 0.3 is 0 Å². The van der Waals surface area contributed by atoms with Crippen LogP contribution in [0.1, 0.15) is 31.1 Å². The lowest BCUT2D eigenvalue weighted by Gasteiger charge is -2.23. The Balaban J connectivity index is 2.94. The van der Waals surface area contributed by atoms with Crippen molar-refractivity contribution in [2.75, 3.05) is 6.54 Å². The van der Waals surface area contributed by atoms with Crippen molar-refractivity contribution >= 4 is 5.91 Å². The van der Waals surface area contributed by atoms with Crippen molar-refractivity contribution in [1.29, 1.82) is 0 Å². The van der Waals surface area contributed by atoms with Crippen LogP contribution in [0.25, 0.3) is 0 Å². The molecule has 88 valence electrons. The molecular formula is C12H19N3O. The third-order valence-corrected chi connectivity index (χ3v) is 2.51. The number of pyridine rings is 1. The molecule has 0 fully saturated rings. The molecule has 0 aliphatic carbocycles. The first-order valence-electron chi connectivity index (χ1n) is 5.47. The normalized spacial score (nSPS) is 12.6. The van der Waals surface area contributed by atoms with Gasteiger partial charge in [-0.2, -0.15) is 0 Å². The Kier molecular flexibility index (Phi) is 4.43. The number of aryl methyl sites for hydroxylation is 1. The summed E-state index contributed by atoms with van der Waals surface area (Å²) in [5, 5.41) is 2.90. The lowest BCUT2D eigenvalue weighted by atomic mass is 9.97. The van der Waals surface area contributed by atoms with E-state index in [-0.39, 0.29) is 24.4 Å². The molecule has 1 unspecified atom stereocenters. The van der Waals surface area contributed by atoms with Gasteiger partial charge in [0.15, 0.2) is 0 Å². The van der Waals surface area contributed by atoms with Crippen molar-refractivity contribution in [2.45, 2.75) is 26.8 Å². The van der Waals surface area contributed by atoms with Crippen LogP contribution in [0.15, 0.2) is 18.3 Å². The Hall–Kier alpha value is -1.42. The molecule has 0 saturated carbocycles. The van der Waals surface area contributed by atoms with Gasteiger partial charge in [0.1, 0.15) is 0 Å². The highest BCUT2D eigenvalue weighted by Crippen LogP contribution is 2.22. The van der Waals surface area contributed by atoms with Gasteiger partial charge in [-0.05, 0) is 24.5 Å². The summed E-state index contributed by atoms with van der Waals surface area (Å²) in [7, 11) is 0. The van der Waals surface area contributed by atoms with E-state index in [1.807, 2.05) is 19.1 Å². The molecule has 1 atom stereocenters. The zero-order chi connectivity index (χ0) is 12.1. The first kappa shape index (κ1) is 12.6. The monoisotopic (exact) mass is 221 g/mol. The van der Waals surface area contributed by atoms with Crippen LogP contribution in [0.3, 0.4) is 0 Å². The van der Waals surface area contributed by atoms with E-state index in [1.54, 1.807) is 6.20 Å². The van der Waals surface area contributed by atoms with Gasteiger partial charge in [0.2, 0.25) is 5.91 Å². The summed E-state index contributed by atoms with van der Waals surface area (Å²) in [4.78, 5) is 15.7. The van der Waals surface area contributed by atoms with E-state index in [0.717, 1.165) is 11.3 Å². The van der Waals surface area contributed by atoms with Crippen molar-refractivity contribution < 1.29 is 4.79 Å². The van der Waals surface area contributed by atoms with Crippen LogP contribution in [-0.2, 0) is 4.79 Å². The van der Waals surface area contributed by atoms with Gasteiger partial charge in [0, 0.05) is 6.20 Å². The third kappa shape index (κ3) is 3.03. The summed E-state index contributed by atoms with van der Waals surface area (Å²) in [5.41, 5.74) is 7.30. The van der Waals surface area contributed by atoms with E-state index in [0.29, 0.717) is 0 Å². The van der Waals surface area contributed by atoms with Crippen LogP contribution >= 0.6 is 0 Å². The van der Waals surface area contributed by atoms with E-state index in [1.165, 1.54) is 0 Å². The van der Waals surface area contributed by atoms with E-state index in [9.17, 15) is 4.79 Å². The standard InChI is InChI=1S/C12H19N3O/c1-8(2)11(15-10(16)7-13)12-9(3)5-4-6-14-12/h4-6,8,11H,7,13H2,1-3H3,(H,15,16). The van der Waals surface area contributed by atoms with Gasteiger partial charge in [-0.1, -0.05) is 19.9 Å². The first-order chi connectivity index (χ1) is 7.56. The summed E-state index contributed by atoms with van der Waals surface area (Å²) >= 11 is 0. The predicted octanol–water partition coefficient (Wildman–Crippen LogP) is 1.16. The van der Waals surface area contributed by atoms with Gasteiger partial charge in [-0.3, -0.25) is 9.78 Å². The van der Waals surface area contributed by atoms with Gasteiger partial charge < -0.3 is 11.1 Å². The molecule has 3 N–H and O–H groups in total. The molecule has 0 bridgehead atoms. The molecule has 0 aliphatic rings. The van der Waals surface area contributed by atoms with E-state index >= 15 is 0 Å². The van der Waals surface area contributed by atoms with Crippen LogP contribution in [-0.4, -0.2) is 17.4 Å². The SMILES string of the molecule is Cc1cccnc1C(NC(=O)CN)C(C)C. The zero-order valence-corrected chi connectivity index (χ0v) is 10.0. The van der Waals surface area contributed by atoms with Gasteiger partial charge in [0.25, 0.3) is 0 Å². The van der Waals surface area contributed by atoms with Crippen molar-refractivity contribution in [3.8, 4) is 0 Å². The maximum Gasteiger partial charge on any atom is 0.234 e. The molecule has 1 aromatic heterocycles. The largest absolute Gasteiger partial charge is 0.346 e. The molecular weight excluding hydrogens is 202 g/mol. The number of carbonyl (C=O) groups excluding carboxylic acids is 1. The maximum absolute atomic E-state index is 11.3. The minimum Gasteiger partial charge on any atom is -0.346 e. The number of aromatic nitrogens is 1. The number of amides is 1. The lowest BCUT2D eigenvalue weighted by Crippen LogP contribution is -2.36. The van der Waals surface area contributed by atoms with E-state index in [2.05, 4.69) is 24.1 Å². The number of nitrogens with one attached hydrogen (secondary N) is 1. The summed E-state index contributed by atoms with van der Waals surface area (Å²) < 4.78 is 0. The fourth-order valence-corrected chi connectivity index (χ4v) is 1.61. The Morgan fingerprint density at radius 1 is 1.56 bits per heavy atom. The van der Waals surface area contributed by atoms with E-state index < -0.39 is 0 Å². The molecule has 16 heavy (non-hydrogen) atoms. The molecule has 0 aromatic carbocycles. The Morgan fingerprint density at radius 3 is 2.75 bits per heavy atom. The Bertz CT molecular complexity index is 363. The highest BCUT2D eigenvalue weighted by molar-refractivity contribution is 5.78. The fourth-order valence-electron chi connectivity index (χ4n) is 1.61. The number of hydrogen-bond donors (Lipinski definition) is 2. The molecule has 1 heterocycles. The molecule has 4 nitrogen and oxygen atoms in total. The van der Waals surface area contributed by atoms with Crippen molar-refractivity contribution in [3.05, 3.63) is 29.6 Å². The van der Waals surface area contributed by atoms with Crippen LogP contribution in [0.2, 0.25) is 0 Å².